The number of fused-ring (bicyclic) bond motifs is 1. The molecule has 2 rings (SSSR count). The van der Waals surface area contributed by atoms with Crippen molar-refractivity contribution in [2.24, 2.45) is 11.7 Å². The number of benzene rings is 1. The van der Waals surface area contributed by atoms with Crippen molar-refractivity contribution in [1.82, 2.24) is 0 Å². The first-order chi connectivity index (χ1) is 8.60. The van der Waals surface area contributed by atoms with Crippen LogP contribution in [0.25, 0.3) is 0 Å². The molecule has 0 fully saturated rings. The van der Waals surface area contributed by atoms with Crippen LogP contribution in [0.4, 0.5) is 0 Å². The molecule has 1 aliphatic rings. The van der Waals surface area contributed by atoms with Crippen molar-refractivity contribution in [3.63, 3.8) is 0 Å². The van der Waals surface area contributed by atoms with Gasteiger partial charge in [0.2, 0.25) is 0 Å². The van der Waals surface area contributed by atoms with Crippen molar-refractivity contribution in [1.29, 1.82) is 0 Å². The van der Waals surface area contributed by atoms with E-state index < -0.39 is 0 Å². The van der Waals surface area contributed by atoms with Crippen molar-refractivity contribution in [2.75, 3.05) is 13.2 Å². The third-order valence-electron chi connectivity index (χ3n) is 3.19. The average Bonchev–Trinajstić information content (AvgIpc) is 2.76. The van der Waals surface area contributed by atoms with E-state index in [9.17, 15) is 4.79 Å². The van der Waals surface area contributed by atoms with E-state index in [0.717, 1.165) is 23.3 Å². The number of rotatable bonds is 5. The highest BCUT2D eigenvalue weighted by Crippen LogP contribution is 2.33. The molecule has 1 unspecified atom stereocenters. The maximum atomic E-state index is 11.9. The van der Waals surface area contributed by atoms with Gasteiger partial charge in [0.05, 0.1) is 6.61 Å². The highest BCUT2D eigenvalue weighted by Gasteiger charge is 2.19. The molecule has 1 heterocycles. The summed E-state index contributed by atoms with van der Waals surface area (Å²) in [5.41, 5.74) is 7.55. The normalized spacial score (nSPS) is 15.1. The predicted molar refractivity (Wildman–Crippen MR) is 72.2 cm³/mol. The van der Waals surface area contributed by atoms with Crippen molar-refractivity contribution in [3.05, 3.63) is 28.3 Å². The number of nitrogens with two attached hydrogens (primary N) is 1. The number of ether oxygens (including phenoxy) is 1. The lowest BCUT2D eigenvalue weighted by Crippen LogP contribution is -2.16. The Bertz CT molecular complexity index is 459. The van der Waals surface area contributed by atoms with Gasteiger partial charge in [-0.15, -0.1) is 0 Å². The lowest BCUT2D eigenvalue weighted by molar-refractivity contribution is -0.119. The van der Waals surface area contributed by atoms with Crippen LogP contribution < -0.4 is 10.5 Å². The van der Waals surface area contributed by atoms with Crippen LogP contribution in [-0.2, 0) is 17.6 Å². The molecule has 0 saturated heterocycles. The SMILES string of the molecule is CC(CN)CC(=O)Cc1cc(Cl)cc2c1OCC2. The minimum absolute atomic E-state index is 0.188. The summed E-state index contributed by atoms with van der Waals surface area (Å²) in [6, 6.07) is 3.75. The van der Waals surface area contributed by atoms with Crippen molar-refractivity contribution >= 4 is 17.4 Å². The summed E-state index contributed by atoms with van der Waals surface area (Å²) < 4.78 is 5.58. The largest absolute Gasteiger partial charge is 0.493 e. The Morgan fingerprint density at radius 3 is 3.06 bits per heavy atom. The van der Waals surface area contributed by atoms with E-state index in [1.165, 1.54) is 0 Å². The maximum Gasteiger partial charge on any atom is 0.137 e. The standard InChI is InChI=1S/C14H18ClNO2/c1-9(8-16)4-13(17)7-11-6-12(15)5-10-2-3-18-14(10)11/h5-6,9H,2-4,7-8,16H2,1H3. The fraction of sp³-hybridized carbons (Fsp3) is 0.500. The molecule has 4 heteroatoms. The summed E-state index contributed by atoms with van der Waals surface area (Å²) in [6.07, 6.45) is 1.77. The monoisotopic (exact) mass is 267 g/mol. The summed E-state index contributed by atoms with van der Waals surface area (Å²) in [6.45, 7) is 3.20. The number of Topliss-reactive ketones (excluding diaryl/α,β-unsaturated/α-hetero) is 1. The quantitative estimate of drug-likeness (QED) is 0.891. The van der Waals surface area contributed by atoms with E-state index in [1.54, 1.807) is 0 Å². The summed E-state index contributed by atoms with van der Waals surface area (Å²) in [5.74, 6) is 1.27. The van der Waals surface area contributed by atoms with Gasteiger partial charge >= 0.3 is 0 Å². The Morgan fingerprint density at radius 2 is 2.33 bits per heavy atom. The molecule has 3 nitrogen and oxygen atoms in total. The summed E-state index contributed by atoms with van der Waals surface area (Å²) in [5, 5.41) is 0.675. The molecule has 2 N–H and O–H groups in total. The van der Waals surface area contributed by atoms with Gasteiger partial charge in [-0.3, -0.25) is 4.79 Å². The van der Waals surface area contributed by atoms with E-state index in [-0.39, 0.29) is 11.7 Å². The Hall–Kier alpha value is -1.06. The molecule has 1 aromatic carbocycles. The van der Waals surface area contributed by atoms with Crippen molar-refractivity contribution in [3.8, 4) is 5.75 Å². The molecule has 1 aromatic rings. The zero-order valence-corrected chi connectivity index (χ0v) is 11.3. The van der Waals surface area contributed by atoms with Crippen LogP contribution in [0.3, 0.4) is 0 Å². The number of ketones is 1. The Balaban J connectivity index is 2.12. The first-order valence-electron chi connectivity index (χ1n) is 6.26. The maximum absolute atomic E-state index is 11.9. The molecule has 1 atom stereocenters. The van der Waals surface area contributed by atoms with E-state index in [4.69, 9.17) is 22.1 Å². The second kappa shape index (κ2) is 5.72. The highest BCUT2D eigenvalue weighted by molar-refractivity contribution is 6.30. The van der Waals surface area contributed by atoms with Gasteiger partial charge in [-0.2, -0.15) is 0 Å². The minimum atomic E-state index is 0.188. The fourth-order valence-electron chi connectivity index (χ4n) is 2.23. The third kappa shape index (κ3) is 3.03. The molecule has 0 bridgehead atoms. The molecular formula is C14H18ClNO2. The van der Waals surface area contributed by atoms with Gasteiger partial charge in [0, 0.05) is 29.8 Å². The molecule has 18 heavy (non-hydrogen) atoms. The Morgan fingerprint density at radius 1 is 1.56 bits per heavy atom. The van der Waals surface area contributed by atoms with E-state index in [1.807, 2.05) is 19.1 Å². The van der Waals surface area contributed by atoms with Gasteiger partial charge in [-0.1, -0.05) is 18.5 Å². The smallest absolute Gasteiger partial charge is 0.137 e. The van der Waals surface area contributed by atoms with Crippen LogP contribution in [0, 0.1) is 5.92 Å². The third-order valence-corrected chi connectivity index (χ3v) is 3.41. The topological polar surface area (TPSA) is 52.3 Å². The zero-order valence-electron chi connectivity index (χ0n) is 10.5. The lowest BCUT2D eigenvalue weighted by Gasteiger charge is -2.10. The first-order valence-corrected chi connectivity index (χ1v) is 6.63. The van der Waals surface area contributed by atoms with Gasteiger partial charge in [-0.25, -0.2) is 0 Å². The Kier molecular flexibility index (Phi) is 4.25. The summed E-state index contributed by atoms with van der Waals surface area (Å²) in [4.78, 5) is 11.9. The predicted octanol–water partition coefficient (Wildman–Crippen LogP) is 2.37. The molecular weight excluding hydrogens is 250 g/mol. The van der Waals surface area contributed by atoms with Crippen molar-refractivity contribution < 1.29 is 9.53 Å². The lowest BCUT2D eigenvalue weighted by atomic mass is 9.98. The van der Waals surface area contributed by atoms with Crippen molar-refractivity contribution in [2.45, 2.75) is 26.2 Å². The number of carbonyl (C=O) groups excluding carboxylic acids is 1. The van der Waals surface area contributed by atoms with E-state index >= 15 is 0 Å². The minimum Gasteiger partial charge on any atom is -0.493 e. The Labute approximate surface area is 112 Å². The summed E-state index contributed by atoms with van der Waals surface area (Å²) in [7, 11) is 0. The second-order valence-corrected chi connectivity index (χ2v) is 5.35. The number of halogens is 1. The fourth-order valence-corrected chi connectivity index (χ4v) is 2.50. The average molecular weight is 268 g/mol. The number of carbonyl (C=O) groups is 1. The second-order valence-electron chi connectivity index (χ2n) is 4.91. The van der Waals surface area contributed by atoms with Crippen LogP contribution in [0.15, 0.2) is 12.1 Å². The van der Waals surface area contributed by atoms with Crippen LogP contribution in [0.2, 0.25) is 5.02 Å². The molecule has 0 amide bonds. The molecule has 98 valence electrons. The van der Waals surface area contributed by atoms with Gasteiger partial charge in [-0.05, 0) is 30.2 Å². The molecule has 0 aromatic heterocycles. The highest BCUT2D eigenvalue weighted by atomic mass is 35.5. The molecule has 0 aliphatic carbocycles. The molecule has 1 aliphatic heterocycles. The van der Waals surface area contributed by atoms with Gasteiger partial charge in [0.1, 0.15) is 11.5 Å². The zero-order chi connectivity index (χ0) is 13.1. The van der Waals surface area contributed by atoms with E-state index in [0.29, 0.717) is 31.0 Å². The van der Waals surface area contributed by atoms with Gasteiger partial charge in [0.15, 0.2) is 0 Å². The van der Waals surface area contributed by atoms with Gasteiger partial charge < -0.3 is 10.5 Å². The van der Waals surface area contributed by atoms with Crippen LogP contribution >= 0.6 is 11.6 Å². The molecule has 0 radical (unpaired) electrons. The molecule has 0 spiro atoms. The number of hydrogen-bond acceptors (Lipinski definition) is 3. The van der Waals surface area contributed by atoms with Crippen LogP contribution in [-0.4, -0.2) is 18.9 Å². The summed E-state index contributed by atoms with van der Waals surface area (Å²) >= 11 is 6.06. The molecule has 0 saturated carbocycles. The van der Waals surface area contributed by atoms with Gasteiger partial charge in [0.25, 0.3) is 0 Å². The van der Waals surface area contributed by atoms with Crippen LogP contribution in [0.1, 0.15) is 24.5 Å². The van der Waals surface area contributed by atoms with Crippen LogP contribution in [0.5, 0.6) is 5.75 Å². The van der Waals surface area contributed by atoms with E-state index in [2.05, 4.69) is 0 Å². The number of hydrogen-bond donors (Lipinski definition) is 1. The first kappa shape index (κ1) is 13.4.